The van der Waals surface area contributed by atoms with Gasteiger partial charge in [0.2, 0.25) is 0 Å². The van der Waals surface area contributed by atoms with E-state index in [1.165, 1.54) is 0 Å². The number of thiol groups is 2. The Balaban J connectivity index is -0.000000534. The Morgan fingerprint density at radius 3 is 1.24 bits per heavy atom. The van der Waals surface area contributed by atoms with Crippen molar-refractivity contribution < 1.29 is 38.9 Å². The van der Waals surface area contributed by atoms with Gasteiger partial charge in [0.05, 0.1) is 11.9 Å². The van der Waals surface area contributed by atoms with E-state index in [4.69, 9.17) is 9.47 Å². The normalized spacial score (nSPS) is 11.4. The Labute approximate surface area is 245 Å². The number of unbranched alkanes of at least 4 members (excludes halogenated alkanes) is 4. The molecule has 0 aromatic carbocycles. The zero-order valence-corrected chi connectivity index (χ0v) is 27.8. The first-order valence-corrected chi connectivity index (χ1v) is 18.4. The van der Waals surface area contributed by atoms with Crippen LogP contribution in [0.3, 0.4) is 0 Å². The number of carbonyl (C=O) groups is 4. The SMILES string of the molecule is CCCCC(S)C(=O)[O-].CCCCC(S)C(=O)[O-].CCCCOC(=O)C[CH2][Sn+2][CH2]CC(=O)OCCCC. The molecule has 0 aliphatic rings. The van der Waals surface area contributed by atoms with Gasteiger partial charge in [-0.05, 0) is 12.8 Å². The van der Waals surface area contributed by atoms with E-state index in [9.17, 15) is 29.4 Å². The predicted octanol–water partition coefficient (Wildman–Crippen LogP) is 3.44. The summed E-state index contributed by atoms with van der Waals surface area (Å²) in [5.41, 5.74) is 0. The van der Waals surface area contributed by atoms with Gasteiger partial charge in [0.1, 0.15) is 0 Å². The van der Waals surface area contributed by atoms with Crippen molar-refractivity contribution in [3.05, 3.63) is 0 Å². The molecular weight excluding hydrogens is 623 g/mol. The number of hydrogen-bond acceptors (Lipinski definition) is 10. The molecule has 0 aromatic heterocycles. The Hall–Kier alpha value is -0.621. The fraction of sp³-hybridized carbons (Fsp3) is 0.846. The van der Waals surface area contributed by atoms with Crippen molar-refractivity contribution in [2.75, 3.05) is 13.2 Å². The fourth-order valence-corrected chi connectivity index (χ4v) is 5.59. The van der Waals surface area contributed by atoms with Crippen molar-refractivity contribution in [2.45, 2.75) is 124 Å². The molecule has 11 heteroatoms. The predicted molar refractivity (Wildman–Crippen MR) is 151 cm³/mol. The van der Waals surface area contributed by atoms with E-state index in [2.05, 4.69) is 39.1 Å². The minimum atomic E-state index is -1.06. The molecule has 37 heavy (non-hydrogen) atoms. The molecule has 8 nitrogen and oxygen atoms in total. The van der Waals surface area contributed by atoms with Gasteiger partial charge in [-0.2, -0.15) is 25.3 Å². The van der Waals surface area contributed by atoms with Crippen LogP contribution in [-0.4, -0.2) is 68.7 Å². The minimum absolute atomic E-state index is 0.0835. The molecule has 0 aliphatic heterocycles. The number of carboxylic acid groups (broad SMARTS) is 2. The van der Waals surface area contributed by atoms with Crippen molar-refractivity contribution in [2.24, 2.45) is 0 Å². The molecule has 0 radical (unpaired) electrons. The third-order valence-corrected chi connectivity index (χ3v) is 9.12. The Morgan fingerprint density at radius 2 is 0.973 bits per heavy atom. The standard InChI is InChI=1S/2C7H13O2.2C6H12O2S.Sn/c2*1-3-5-6-9-7(8)4-2;2*1-2-3-4-5(9)6(7)8;/h2*2-6H2,1H3;2*5,9H,2-4H2,1H3,(H,7,8);/q;;;;+2/p-2. The number of rotatable bonds is 20. The molecule has 2 atom stereocenters. The van der Waals surface area contributed by atoms with Crippen LogP contribution in [0.5, 0.6) is 0 Å². The first-order valence-electron chi connectivity index (χ1n) is 13.4. The molecule has 0 spiro atoms. The van der Waals surface area contributed by atoms with Crippen LogP contribution in [0.4, 0.5) is 0 Å². The molecule has 2 unspecified atom stereocenters. The van der Waals surface area contributed by atoms with Crippen molar-refractivity contribution in [3.8, 4) is 0 Å². The van der Waals surface area contributed by atoms with Crippen LogP contribution in [0.2, 0.25) is 8.87 Å². The number of aliphatic carboxylic acids is 2. The zero-order valence-electron chi connectivity index (χ0n) is 23.1. The van der Waals surface area contributed by atoms with Crippen LogP contribution in [0.1, 0.15) is 105 Å². The molecule has 0 aliphatic carbocycles. The third-order valence-electron chi connectivity index (χ3n) is 4.74. The van der Waals surface area contributed by atoms with Gasteiger partial charge in [-0.25, -0.2) is 0 Å². The molecule has 0 aromatic rings. The fourth-order valence-electron chi connectivity index (χ4n) is 2.34. The molecule has 216 valence electrons. The molecule has 0 heterocycles. The van der Waals surface area contributed by atoms with Crippen LogP contribution in [0.15, 0.2) is 0 Å². The average molecular weight is 672 g/mol. The van der Waals surface area contributed by atoms with E-state index in [0.717, 1.165) is 60.2 Å². The summed E-state index contributed by atoms with van der Waals surface area (Å²) in [6.07, 6.45) is 10.1. The van der Waals surface area contributed by atoms with Crippen LogP contribution in [0, 0.1) is 0 Å². The van der Waals surface area contributed by atoms with Crippen molar-refractivity contribution in [1.29, 1.82) is 0 Å². The van der Waals surface area contributed by atoms with Gasteiger partial charge in [0.15, 0.2) is 0 Å². The van der Waals surface area contributed by atoms with Crippen LogP contribution >= 0.6 is 25.3 Å². The van der Waals surface area contributed by atoms with Crippen molar-refractivity contribution >= 4 is 70.3 Å². The van der Waals surface area contributed by atoms with Gasteiger partial charge in [-0.3, -0.25) is 0 Å². The Kier molecular flexibility index (Phi) is 34.9. The molecule has 0 N–H and O–H groups in total. The van der Waals surface area contributed by atoms with Crippen molar-refractivity contribution in [1.82, 2.24) is 0 Å². The van der Waals surface area contributed by atoms with E-state index in [1.807, 2.05) is 13.8 Å². The molecule has 0 rings (SSSR count). The summed E-state index contributed by atoms with van der Waals surface area (Å²) in [6.45, 7) is 9.25. The summed E-state index contributed by atoms with van der Waals surface area (Å²) in [4.78, 5) is 42.6. The van der Waals surface area contributed by atoms with Crippen molar-refractivity contribution in [3.63, 3.8) is 0 Å². The summed E-state index contributed by atoms with van der Waals surface area (Å²) in [5, 5.41) is 18.9. The van der Waals surface area contributed by atoms with Gasteiger partial charge in [0.25, 0.3) is 0 Å². The molecule has 0 amide bonds. The van der Waals surface area contributed by atoms with Gasteiger partial charge < -0.3 is 19.8 Å². The zero-order chi connectivity index (χ0) is 28.9. The number of esters is 2. The molecule has 0 saturated heterocycles. The first-order chi connectivity index (χ1) is 17.6. The van der Waals surface area contributed by atoms with Gasteiger partial charge in [0, 0.05) is 10.5 Å². The summed E-state index contributed by atoms with van der Waals surface area (Å²) in [6, 6.07) is 0. The Morgan fingerprint density at radius 1 is 0.649 bits per heavy atom. The number of carboxylic acids is 2. The van der Waals surface area contributed by atoms with E-state index >= 15 is 0 Å². The van der Waals surface area contributed by atoms with Gasteiger partial charge in [-0.1, -0.05) is 39.5 Å². The average Bonchev–Trinajstić information content (AvgIpc) is 2.86. The van der Waals surface area contributed by atoms with Crippen LogP contribution < -0.4 is 10.2 Å². The monoisotopic (exact) mass is 672 g/mol. The number of hydrogen-bond donors (Lipinski definition) is 2. The second-order valence-electron chi connectivity index (χ2n) is 8.35. The summed E-state index contributed by atoms with van der Waals surface area (Å²) in [5.74, 6) is -2.29. The van der Waals surface area contributed by atoms with E-state index < -0.39 is 43.6 Å². The summed E-state index contributed by atoms with van der Waals surface area (Å²) < 4.78 is 12.1. The third kappa shape index (κ3) is 35.4. The first kappa shape index (κ1) is 40.9. The maximum absolute atomic E-state index is 11.3. The molecular formula is C26H48O8S2Sn. The van der Waals surface area contributed by atoms with Crippen LogP contribution in [-0.2, 0) is 28.7 Å². The number of carbonyl (C=O) groups excluding carboxylic acids is 4. The summed E-state index contributed by atoms with van der Waals surface area (Å²) in [7, 11) is 0. The topological polar surface area (TPSA) is 133 Å². The quantitative estimate of drug-likeness (QED) is 0.0872. The second kappa shape index (κ2) is 31.6. The number of ether oxygens (including phenoxy) is 2. The van der Waals surface area contributed by atoms with Gasteiger partial charge >= 0.3 is 127 Å². The second-order valence-corrected chi connectivity index (χ2v) is 13.9. The van der Waals surface area contributed by atoms with Gasteiger partial charge in [-0.15, -0.1) is 0 Å². The Bertz CT molecular complexity index is 531. The molecule has 0 saturated carbocycles. The molecule has 0 bridgehead atoms. The van der Waals surface area contributed by atoms with E-state index in [-0.39, 0.29) is 11.9 Å². The maximum atomic E-state index is 11.3. The molecule has 0 fully saturated rings. The van der Waals surface area contributed by atoms with E-state index in [0.29, 0.717) is 38.9 Å². The summed E-state index contributed by atoms with van der Waals surface area (Å²) >= 11 is 6.99. The van der Waals surface area contributed by atoms with E-state index in [1.54, 1.807) is 0 Å². The van der Waals surface area contributed by atoms with Crippen LogP contribution in [0.25, 0.3) is 0 Å².